The fraction of sp³-hybridized carbons (Fsp3) is 0.160. The first-order valence-corrected chi connectivity index (χ1v) is 11.7. The standard InChI is InChI=1S/C25H20F2N4O3S/c1-13-17-6-7-28-21(17)10-20(27)24(13)34-16-2-3-19(26)18(9-16)25-29-11-14(31-25)8-15-12-35-22(30-15)4-5-23(32)33/h2-3,6-7,9-12,28H,4-5,8H2,1H3,(H,29,31)(H,32,33). The zero-order valence-corrected chi connectivity index (χ0v) is 19.4. The number of aromatic nitrogens is 4. The number of benzene rings is 2. The summed E-state index contributed by atoms with van der Waals surface area (Å²) in [6.07, 6.45) is 4.22. The van der Waals surface area contributed by atoms with E-state index < -0.39 is 17.6 Å². The molecule has 0 saturated carbocycles. The first kappa shape index (κ1) is 22.7. The van der Waals surface area contributed by atoms with Gasteiger partial charge in [0.25, 0.3) is 0 Å². The quantitative estimate of drug-likeness (QED) is 0.245. The molecule has 0 aliphatic carbocycles. The molecule has 0 saturated heterocycles. The van der Waals surface area contributed by atoms with Crippen LogP contribution in [0.1, 0.15) is 28.4 Å². The molecule has 0 unspecified atom stereocenters. The van der Waals surface area contributed by atoms with Crippen molar-refractivity contribution in [3.05, 3.63) is 81.7 Å². The van der Waals surface area contributed by atoms with E-state index in [1.807, 2.05) is 11.4 Å². The Labute approximate surface area is 202 Å². The smallest absolute Gasteiger partial charge is 0.303 e. The summed E-state index contributed by atoms with van der Waals surface area (Å²) in [4.78, 5) is 25.6. The minimum absolute atomic E-state index is 0.0274. The Morgan fingerprint density at radius 1 is 1.11 bits per heavy atom. The maximum absolute atomic E-state index is 14.7. The van der Waals surface area contributed by atoms with Gasteiger partial charge in [0.2, 0.25) is 0 Å². The summed E-state index contributed by atoms with van der Waals surface area (Å²) in [6, 6.07) is 7.38. The van der Waals surface area contributed by atoms with Crippen LogP contribution in [-0.2, 0) is 17.6 Å². The van der Waals surface area contributed by atoms with Crippen LogP contribution in [0.5, 0.6) is 11.5 Å². The lowest BCUT2D eigenvalue weighted by Gasteiger charge is -2.12. The second-order valence-electron chi connectivity index (χ2n) is 8.04. The lowest BCUT2D eigenvalue weighted by molar-refractivity contribution is -0.136. The number of carbonyl (C=O) groups is 1. The zero-order valence-electron chi connectivity index (χ0n) is 18.6. The maximum atomic E-state index is 14.7. The number of carboxylic acid groups (broad SMARTS) is 1. The topological polar surface area (TPSA) is 104 Å². The molecule has 3 N–H and O–H groups in total. The van der Waals surface area contributed by atoms with E-state index >= 15 is 0 Å². The molecule has 35 heavy (non-hydrogen) atoms. The van der Waals surface area contributed by atoms with E-state index in [0.29, 0.717) is 35.4 Å². The minimum Gasteiger partial charge on any atom is -0.481 e. The lowest BCUT2D eigenvalue weighted by Crippen LogP contribution is -1.97. The molecule has 7 nitrogen and oxygen atoms in total. The van der Waals surface area contributed by atoms with E-state index in [0.717, 1.165) is 16.1 Å². The number of ether oxygens (including phenoxy) is 1. The zero-order chi connectivity index (χ0) is 24.5. The number of halogens is 2. The molecule has 0 aliphatic heterocycles. The predicted molar refractivity (Wildman–Crippen MR) is 128 cm³/mol. The highest BCUT2D eigenvalue weighted by molar-refractivity contribution is 7.09. The van der Waals surface area contributed by atoms with Gasteiger partial charge in [0.05, 0.1) is 28.4 Å². The molecule has 178 valence electrons. The highest BCUT2D eigenvalue weighted by Crippen LogP contribution is 2.35. The number of H-pyrrole nitrogens is 2. The number of rotatable bonds is 8. The lowest BCUT2D eigenvalue weighted by atomic mass is 10.1. The molecule has 2 aromatic carbocycles. The van der Waals surface area contributed by atoms with Crippen molar-refractivity contribution < 1.29 is 23.4 Å². The number of thiazole rings is 1. The molecule has 0 aliphatic rings. The normalized spacial score (nSPS) is 11.3. The van der Waals surface area contributed by atoms with E-state index in [9.17, 15) is 13.6 Å². The molecule has 10 heteroatoms. The molecule has 0 spiro atoms. The van der Waals surface area contributed by atoms with Gasteiger partial charge in [-0.3, -0.25) is 4.79 Å². The average Bonchev–Trinajstić information content (AvgIpc) is 3.58. The number of hydrogen-bond donors (Lipinski definition) is 3. The maximum Gasteiger partial charge on any atom is 0.303 e. The molecule has 3 heterocycles. The predicted octanol–water partition coefficient (Wildman–Crippen LogP) is 6.00. The Balaban J connectivity index is 1.36. The number of hydrogen-bond acceptors (Lipinski definition) is 5. The van der Waals surface area contributed by atoms with Crippen molar-refractivity contribution in [3.8, 4) is 22.9 Å². The van der Waals surface area contributed by atoms with Crippen LogP contribution in [-0.4, -0.2) is 31.0 Å². The van der Waals surface area contributed by atoms with Crippen molar-refractivity contribution in [2.24, 2.45) is 0 Å². The van der Waals surface area contributed by atoms with Crippen LogP contribution < -0.4 is 4.74 Å². The van der Waals surface area contributed by atoms with Gasteiger partial charge in [-0.25, -0.2) is 18.7 Å². The van der Waals surface area contributed by atoms with E-state index in [1.165, 1.54) is 35.6 Å². The third-order valence-electron chi connectivity index (χ3n) is 5.57. The van der Waals surface area contributed by atoms with Gasteiger partial charge in [0.1, 0.15) is 17.4 Å². The molecule has 0 atom stereocenters. The van der Waals surface area contributed by atoms with Crippen LogP contribution in [0.25, 0.3) is 22.3 Å². The number of aliphatic carboxylic acids is 1. The summed E-state index contributed by atoms with van der Waals surface area (Å²) < 4.78 is 35.2. The van der Waals surface area contributed by atoms with Gasteiger partial charge in [-0.2, -0.15) is 0 Å². The number of imidazole rings is 1. The van der Waals surface area contributed by atoms with Gasteiger partial charge < -0.3 is 19.8 Å². The van der Waals surface area contributed by atoms with Crippen LogP contribution in [0.2, 0.25) is 0 Å². The number of aryl methyl sites for hydroxylation is 2. The van der Waals surface area contributed by atoms with Crippen LogP contribution in [0, 0.1) is 18.6 Å². The molecule has 5 rings (SSSR count). The third kappa shape index (κ3) is 4.78. The van der Waals surface area contributed by atoms with Crippen LogP contribution in [0.4, 0.5) is 8.78 Å². The Kier molecular flexibility index (Phi) is 6.04. The number of nitrogens with zero attached hydrogens (tertiary/aromatic N) is 2. The molecule has 0 bridgehead atoms. The Morgan fingerprint density at radius 2 is 1.97 bits per heavy atom. The van der Waals surface area contributed by atoms with Crippen LogP contribution in [0.15, 0.2) is 48.1 Å². The van der Waals surface area contributed by atoms with Crippen LogP contribution >= 0.6 is 11.3 Å². The summed E-state index contributed by atoms with van der Waals surface area (Å²) in [5, 5.41) is 12.3. The van der Waals surface area contributed by atoms with Crippen molar-refractivity contribution in [2.45, 2.75) is 26.2 Å². The Morgan fingerprint density at radius 3 is 2.80 bits per heavy atom. The summed E-state index contributed by atoms with van der Waals surface area (Å²) in [5.41, 5.74) is 2.91. The van der Waals surface area contributed by atoms with Gasteiger partial charge >= 0.3 is 5.97 Å². The Hall–Kier alpha value is -4.05. The summed E-state index contributed by atoms with van der Waals surface area (Å²) in [6.45, 7) is 1.77. The fourth-order valence-corrected chi connectivity index (χ4v) is 4.65. The second-order valence-corrected chi connectivity index (χ2v) is 8.98. The van der Waals surface area contributed by atoms with Crippen molar-refractivity contribution in [2.75, 3.05) is 0 Å². The van der Waals surface area contributed by atoms with Gasteiger partial charge in [-0.15, -0.1) is 11.3 Å². The first-order chi connectivity index (χ1) is 16.9. The molecular weight excluding hydrogens is 474 g/mol. The number of nitrogens with one attached hydrogen (secondary N) is 2. The minimum atomic E-state index is -0.866. The molecule has 0 radical (unpaired) electrons. The van der Waals surface area contributed by atoms with Gasteiger partial charge in [-0.1, -0.05) is 0 Å². The molecule has 3 aromatic heterocycles. The van der Waals surface area contributed by atoms with Gasteiger partial charge in [-0.05, 0) is 31.2 Å². The number of fused-ring (bicyclic) bond motifs is 1. The monoisotopic (exact) mass is 494 g/mol. The van der Waals surface area contributed by atoms with Crippen molar-refractivity contribution in [3.63, 3.8) is 0 Å². The third-order valence-corrected chi connectivity index (χ3v) is 6.53. The highest BCUT2D eigenvalue weighted by atomic mass is 32.1. The van der Waals surface area contributed by atoms with E-state index in [2.05, 4.69) is 19.9 Å². The first-order valence-electron chi connectivity index (χ1n) is 10.8. The number of carboxylic acids is 1. The molecule has 5 aromatic rings. The van der Waals surface area contributed by atoms with E-state index in [4.69, 9.17) is 9.84 Å². The van der Waals surface area contributed by atoms with Crippen molar-refractivity contribution >= 4 is 28.2 Å². The average molecular weight is 495 g/mol. The second kappa shape index (κ2) is 9.30. The largest absolute Gasteiger partial charge is 0.481 e. The van der Waals surface area contributed by atoms with Crippen molar-refractivity contribution in [1.29, 1.82) is 0 Å². The van der Waals surface area contributed by atoms with Crippen molar-refractivity contribution in [1.82, 2.24) is 19.9 Å². The molecule has 0 fully saturated rings. The van der Waals surface area contributed by atoms with Crippen LogP contribution in [0.3, 0.4) is 0 Å². The summed E-state index contributed by atoms with van der Waals surface area (Å²) >= 11 is 1.40. The highest BCUT2D eigenvalue weighted by Gasteiger charge is 2.16. The summed E-state index contributed by atoms with van der Waals surface area (Å²) in [7, 11) is 0. The van der Waals surface area contributed by atoms with E-state index in [1.54, 1.807) is 19.3 Å². The summed E-state index contributed by atoms with van der Waals surface area (Å²) in [5.74, 6) is -1.22. The van der Waals surface area contributed by atoms with Gasteiger partial charge in [0, 0.05) is 53.1 Å². The Bertz CT molecular complexity index is 1540. The fourth-order valence-electron chi connectivity index (χ4n) is 3.85. The SMILES string of the molecule is Cc1c(Oc2ccc(F)c(-c3nc(Cc4csc(CCC(=O)O)n4)c[nH]3)c2)c(F)cc2[nH]ccc12. The molecule has 0 amide bonds. The number of aromatic amines is 2. The van der Waals surface area contributed by atoms with E-state index in [-0.39, 0.29) is 23.5 Å². The molecular formula is C25H20F2N4O3S. The van der Waals surface area contributed by atoms with Gasteiger partial charge in [0.15, 0.2) is 11.6 Å².